The molecule has 1 aromatic heterocycles. The average Bonchev–Trinajstić information content (AvgIpc) is 3.17. The normalized spacial score (nSPS) is 10.8. The van der Waals surface area contributed by atoms with Gasteiger partial charge in [0.05, 0.1) is 12.3 Å². The van der Waals surface area contributed by atoms with Gasteiger partial charge >= 0.3 is 0 Å². The predicted molar refractivity (Wildman–Crippen MR) is 94.4 cm³/mol. The van der Waals surface area contributed by atoms with Crippen LogP contribution in [-0.4, -0.2) is 32.7 Å². The molecule has 2 aromatic carbocycles. The van der Waals surface area contributed by atoms with Crippen molar-refractivity contribution < 1.29 is 9.53 Å². The van der Waals surface area contributed by atoms with Crippen molar-refractivity contribution in [1.29, 1.82) is 0 Å². The first kappa shape index (κ1) is 16.4. The number of nitrogens with one attached hydrogen (secondary N) is 1. The number of tetrazole rings is 1. The summed E-state index contributed by atoms with van der Waals surface area (Å²) < 4.78 is 7.07. The molecule has 0 saturated heterocycles. The highest BCUT2D eigenvalue weighted by molar-refractivity contribution is 6.02. The smallest absolute Gasteiger partial charge is 0.248 e. The highest BCUT2D eigenvalue weighted by Crippen LogP contribution is 2.19. The van der Waals surface area contributed by atoms with Crippen LogP contribution in [0.25, 0.3) is 11.8 Å². The molecule has 1 N–H and O–H groups in total. The van der Waals surface area contributed by atoms with Crippen molar-refractivity contribution >= 4 is 17.7 Å². The summed E-state index contributed by atoms with van der Waals surface area (Å²) in [6.07, 6.45) is 4.72. The van der Waals surface area contributed by atoms with Crippen LogP contribution < -0.4 is 10.1 Å². The second-order valence-corrected chi connectivity index (χ2v) is 5.09. The third kappa shape index (κ3) is 4.29. The molecule has 3 aromatic rings. The van der Waals surface area contributed by atoms with Crippen molar-refractivity contribution in [2.24, 2.45) is 0 Å². The molecule has 7 heteroatoms. The van der Waals surface area contributed by atoms with Crippen LogP contribution in [-0.2, 0) is 4.79 Å². The highest BCUT2D eigenvalue weighted by atomic mass is 16.5. The number of anilines is 1. The van der Waals surface area contributed by atoms with Gasteiger partial charge in [0.25, 0.3) is 0 Å². The van der Waals surface area contributed by atoms with Crippen molar-refractivity contribution in [3.8, 4) is 11.4 Å². The molecule has 7 nitrogen and oxygen atoms in total. The summed E-state index contributed by atoms with van der Waals surface area (Å²) in [5, 5.41) is 13.8. The summed E-state index contributed by atoms with van der Waals surface area (Å²) >= 11 is 0. The van der Waals surface area contributed by atoms with Crippen LogP contribution >= 0.6 is 0 Å². The minimum atomic E-state index is -0.221. The molecule has 0 bridgehead atoms. The molecule has 0 spiro atoms. The van der Waals surface area contributed by atoms with E-state index in [1.807, 2.05) is 43.3 Å². The topological polar surface area (TPSA) is 81.9 Å². The summed E-state index contributed by atoms with van der Waals surface area (Å²) in [5.41, 5.74) is 2.35. The molecule has 25 heavy (non-hydrogen) atoms. The summed E-state index contributed by atoms with van der Waals surface area (Å²) in [6, 6.07) is 14.8. The van der Waals surface area contributed by atoms with Crippen molar-refractivity contribution in [1.82, 2.24) is 20.2 Å². The van der Waals surface area contributed by atoms with E-state index in [4.69, 9.17) is 4.74 Å². The maximum Gasteiger partial charge on any atom is 0.248 e. The fraction of sp³-hybridized carbons (Fsp3) is 0.111. The Bertz CT molecular complexity index is 857. The number of nitrogens with zero attached hydrogens (tertiary/aromatic N) is 4. The molecule has 0 unspecified atom stereocenters. The van der Waals surface area contributed by atoms with E-state index in [9.17, 15) is 4.79 Å². The lowest BCUT2D eigenvalue weighted by atomic mass is 10.2. The van der Waals surface area contributed by atoms with Gasteiger partial charge in [-0.2, -0.15) is 0 Å². The average molecular weight is 335 g/mol. The Hall–Kier alpha value is -3.48. The second-order valence-electron chi connectivity index (χ2n) is 5.09. The first-order valence-electron chi connectivity index (χ1n) is 7.80. The van der Waals surface area contributed by atoms with Gasteiger partial charge in [0, 0.05) is 17.3 Å². The van der Waals surface area contributed by atoms with E-state index >= 15 is 0 Å². The number of hydrogen-bond acceptors (Lipinski definition) is 5. The SMILES string of the molecule is CCOc1ccccc1/C=C/C(=O)Nc1ccc(-n2cnnn2)cc1. The van der Waals surface area contributed by atoms with Gasteiger partial charge in [0.2, 0.25) is 5.91 Å². The number of benzene rings is 2. The molecular formula is C18H17N5O2. The summed E-state index contributed by atoms with van der Waals surface area (Å²) in [6.45, 7) is 2.50. The summed E-state index contributed by atoms with van der Waals surface area (Å²) in [5.74, 6) is 0.529. The second kappa shape index (κ2) is 7.87. The molecule has 0 radical (unpaired) electrons. The van der Waals surface area contributed by atoms with Gasteiger partial charge in [-0.25, -0.2) is 4.68 Å². The van der Waals surface area contributed by atoms with Crippen molar-refractivity contribution in [2.75, 3.05) is 11.9 Å². The van der Waals surface area contributed by atoms with Crippen LogP contribution in [0.15, 0.2) is 60.9 Å². The molecule has 0 fully saturated rings. The lowest BCUT2D eigenvalue weighted by molar-refractivity contribution is -0.111. The quantitative estimate of drug-likeness (QED) is 0.700. The molecule has 0 saturated carbocycles. The fourth-order valence-electron chi connectivity index (χ4n) is 2.23. The van der Waals surface area contributed by atoms with Crippen molar-refractivity contribution in [3.63, 3.8) is 0 Å². The number of carbonyl (C=O) groups excluding carboxylic acids is 1. The lowest BCUT2D eigenvalue weighted by Crippen LogP contribution is -2.08. The number of carbonyl (C=O) groups is 1. The van der Waals surface area contributed by atoms with Crippen LogP contribution in [0, 0.1) is 0 Å². The maximum absolute atomic E-state index is 12.1. The molecule has 3 rings (SSSR count). The largest absolute Gasteiger partial charge is 0.493 e. The molecule has 1 amide bonds. The monoisotopic (exact) mass is 335 g/mol. The minimum Gasteiger partial charge on any atom is -0.493 e. The van der Waals surface area contributed by atoms with Gasteiger partial charge in [0.15, 0.2) is 0 Å². The van der Waals surface area contributed by atoms with Crippen LogP contribution in [0.3, 0.4) is 0 Å². The van der Waals surface area contributed by atoms with Crippen molar-refractivity contribution in [2.45, 2.75) is 6.92 Å². The van der Waals surface area contributed by atoms with Crippen molar-refractivity contribution in [3.05, 3.63) is 66.5 Å². The van der Waals surface area contributed by atoms with Gasteiger partial charge in [-0.3, -0.25) is 4.79 Å². The van der Waals surface area contributed by atoms with Gasteiger partial charge in [-0.05, 0) is 53.8 Å². The van der Waals surface area contributed by atoms with Crippen LogP contribution in [0.1, 0.15) is 12.5 Å². The predicted octanol–water partition coefficient (Wildman–Crippen LogP) is 2.71. The van der Waals surface area contributed by atoms with E-state index in [1.165, 1.54) is 17.1 Å². The zero-order chi connectivity index (χ0) is 17.5. The molecule has 0 aliphatic carbocycles. The van der Waals surface area contributed by atoms with E-state index in [-0.39, 0.29) is 5.91 Å². The fourth-order valence-corrected chi connectivity index (χ4v) is 2.23. The number of amides is 1. The van der Waals surface area contributed by atoms with Crippen LogP contribution in [0.2, 0.25) is 0 Å². The van der Waals surface area contributed by atoms with E-state index in [0.29, 0.717) is 12.3 Å². The standard InChI is InChI=1S/C18H17N5O2/c1-2-25-17-6-4-3-5-14(17)7-12-18(24)20-15-8-10-16(11-9-15)23-13-19-21-22-23/h3-13H,2H2,1H3,(H,20,24)/b12-7+. The van der Waals surface area contributed by atoms with E-state index in [0.717, 1.165) is 17.0 Å². The van der Waals surface area contributed by atoms with Gasteiger partial charge in [0.1, 0.15) is 12.1 Å². The summed E-state index contributed by atoms with van der Waals surface area (Å²) in [7, 11) is 0. The maximum atomic E-state index is 12.1. The van der Waals surface area contributed by atoms with Gasteiger partial charge in [-0.15, -0.1) is 5.10 Å². The number of rotatable bonds is 6. The van der Waals surface area contributed by atoms with Gasteiger partial charge in [-0.1, -0.05) is 18.2 Å². The Morgan fingerprint density at radius 1 is 1.20 bits per heavy atom. The Morgan fingerprint density at radius 3 is 2.72 bits per heavy atom. The first-order chi connectivity index (χ1) is 12.3. The van der Waals surface area contributed by atoms with E-state index in [2.05, 4.69) is 20.8 Å². The number of ether oxygens (including phenoxy) is 1. The molecule has 0 aliphatic heterocycles. The lowest BCUT2D eigenvalue weighted by Gasteiger charge is -2.06. The molecule has 0 aliphatic rings. The highest BCUT2D eigenvalue weighted by Gasteiger charge is 2.02. The zero-order valence-electron chi connectivity index (χ0n) is 13.7. The van der Waals surface area contributed by atoms with E-state index in [1.54, 1.807) is 18.2 Å². The number of hydrogen-bond donors (Lipinski definition) is 1. The number of para-hydroxylation sites is 1. The minimum absolute atomic E-state index is 0.221. The van der Waals surface area contributed by atoms with Crippen LogP contribution in [0.4, 0.5) is 5.69 Å². The Kier molecular flexibility index (Phi) is 5.16. The van der Waals surface area contributed by atoms with Crippen LogP contribution in [0.5, 0.6) is 5.75 Å². The first-order valence-corrected chi connectivity index (χ1v) is 7.80. The molecule has 0 atom stereocenters. The zero-order valence-corrected chi connectivity index (χ0v) is 13.7. The molecule has 1 heterocycles. The van der Waals surface area contributed by atoms with E-state index < -0.39 is 0 Å². The van der Waals surface area contributed by atoms with Gasteiger partial charge < -0.3 is 10.1 Å². The molecular weight excluding hydrogens is 318 g/mol. The number of aromatic nitrogens is 4. The third-order valence-electron chi connectivity index (χ3n) is 3.38. The Labute approximate surface area is 144 Å². The Morgan fingerprint density at radius 2 is 2.00 bits per heavy atom. The third-order valence-corrected chi connectivity index (χ3v) is 3.38. The Balaban J connectivity index is 1.64. The molecule has 126 valence electrons. The summed E-state index contributed by atoms with van der Waals surface area (Å²) in [4.78, 5) is 12.1.